The average molecular weight is 472 g/mol. The second kappa shape index (κ2) is 7.93. The van der Waals surface area contributed by atoms with Crippen LogP contribution >= 0.6 is 11.3 Å². The Labute approximate surface area is 189 Å². The number of carbonyl (C=O) groups is 1. The average Bonchev–Trinajstić information content (AvgIpc) is 3.52. The van der Waals surface area contributed by atoms with Gasteiger partial charge in [-0.15, -0.1) is 11.3 Å². The van der Waals surface area contributed by atoms with Crippen molar-refractivity contribution in [2.75, 3.05) is 12.1 Å². The van der Waals surface area contributed by atoms with E-state index in [1.807, 2.05) is 0 Å². The van der Waals surface area contributed by atoms with E-state index in [0.29, 0.717) is 22.8 Å². The zero-order valence-corrected chi connectivity index (χ0v) is 17.8. The van der Waals surface area contributed by atoms with Gasteiger partial charge in [0.1, 0.15) is 0 Å². The van der Waals surface area contributed by atoms with Gasteiger partial charge in [-0.05, 0) is 36.8 Å². The third-order valence-corrected chi connectivity index (χ3v) is 5.78. The summed E-state index contributed by atoms with van der Waals surface area (Å²) in [5.74, 6) is 0.242. The molecule has 0 radical (unpaired) electrons. The van der Waals surface area contributed by atoms with E-state index >= 15 is 0 Å². The Kier molecular flexibility index (Phi) is 5.05. The number of nitrogens with one attached hydrogen (secondary N) is 1. The molecule has 1 aliphatic heterocycles. The second-order valence-electron chi connectivity index (χ2n) is 7.16. The number of rotatable bonds is 4. The zero-order valence-electron chi connectivity index (χ0n) is 17.0. The number of amides is 1. The molecule has 0 saturated carbocycles. The topological polar surface area (TPSA) is 78.3 Å². The van der Waals surface area contributed by atoms with Crippen LogP contribution < -0.4 is 14.8 Å². The van der Waals surface area contributed by atoms with Crippen LogP contribution in [0.3, 0.4) is 0 Å². The highest BCUT2D eigenvalue weighted by molar-refractivity contribution is 7.14. The number of aryl methyl sites for hydroxylation is 1. The van der Waals surface area contributed by atoms with Crippen LogP contribution in [-0.4, -0.2) is 27.5 Å². The van der Waals surface area contributed by atoms with E-state index in [2.05, 4.69) is 15.4 Å². The zero-order chi connectivity index (χ0) is 23.2. The van der Waals surface area contributed by atoms with E-state index in [4.69, 9.17) is 9.47 Å². The van der Waals surface area contributed by atoms with Gasteiger partial charge in [0.2, 0.25) is 6.79 Å². The number of hydrogen-bond acceptors (Lipinski definition) is 6. The van der Waals surface area contributed by atoms with Crippen molar-refractivity contribution >= 4 is 22.4 Å². The molecule has 3 heterocycles. The van der Waals surface area contributed by atoms with Gasteiger partial charge >= 0.3 is 6.18 Å². The predicted octanol–water partition coefficient (Wildman–Crippen LogP) is 5.30. The van der Waals surface area contributed by atoms with Crippen molar-refractivity contribution in [3.8, 4) is 28.4 Å². The predicted molar refractivity (Wildman–Crippen MR) is 115 cm³/mol. The maximum Gasteiger partial charge on any atom is 0.434 e. The first-order chi connectivity index (χ1) is 15.8. The van der Waals surface area contributed by atoms with Gasteiger partial charge in [-0.2, -0.15) is 18.3 Å². The lowest BCUT2D eigenvalue weighted by Crippen LogP contribution is -2.21. The SMILES string of the molecule is Cc1ccccc1-n1ncc(C(=O)Nc2nc(-c3ccc4c(c3)OCO4)cs2)c1C(F)(F)F. The second-order valence-corrected chi connectivity index (χ2v) is 8.02. The van der Waals surface area contributed by atoms with Crippen LogP contribution in [0.15, 0.2) is 54.0 Å². The lowest BCUT2D eigenvalue weighted by molar-refractivity contribution is -0.143. The number of aromatic nitrogens is 3. The van der Waals surface area contributed by atoms with E-state index < -0.39 is 23.3 Å². The summed E-state index contributed by atoms with van der Waals surface area (Å²) in [6, 6.07) is 11.8. The molecule has 5 rings (SSSR count). The molecule has 0 spiro atoms. The Balaban J connectivity index is 1.44. The van der Waals surface area contributed by atoms with Crippen molar-refractivity contribution in [3.05, 3.63) is 70.9 Å². The molecular weight excluding hydrogens is 457 g/mol. The fraction of sp³-hybridized carbons (Fsp3) is 0.136. The van der Waals surface area contributed by atoms with Crippen molar-refractivity contribution in [3.63, 3.8) is 0 Å². The smallest absolute Gasteiger partial charge is 0.434 e. The highest BCUT2D eigenvalue weighted by Gasteiger charge is 2.41. The molecule has 0 saturated heterocycles. The number of fused-ring (bicyclic) bond motifs is 1. The Hall–Kier alpha value is -3.86. The number of nitrogens with zero attached hydrogens (tertiary/aromatic N) is 3. The standard InChI is InChI=1S/C22H15F3N4O3S/c1-12-4-2-3-5-16(12)29-19(22(23,24)25)14(9-26-29)20(30)28-21-27-15(10-33-21)13-6-7-17-18(8-13)32-11-31-17/h2-10H,11H2,1H3,(H,27,28,30). The van der Waals surface area contributed by atoms with Crippen LogP contribution in [0.1, 0.15) is 21.6 Å². The number of hydrogen-bond donors (Lipinski definition) is 1. The number of para-hydroxylation sites is 1. The molecule has 0 bridgehead atoms. The molecule has 168 valence electrons. The van der Waals surface area contributed by atoms with E-state index in [0.717, 1.165) is 27.8 Å². The summed E-state index contributed by atoms with van der Waals surface area (Å²) in [5.41, 5.74) is 0.349. The lowest BCUT2D eigenvalue weighted by atomic mass is 10.1. The summed E-state index contributed by atoms with van der Waals surface area (Å²) in [6.07, 6.45) is -3.89. The largest absolute Gasteiger partial charge is 0.454 e. The van der Waals surface area contributed by atoms with Crippen LogP contribution in [0.5, 0.6) is 11.5 Å². The monoisotopic (exact) mass is 472 g/mol. The third-order valence-electron chi connectivity index (χ3n) is 5.02. The lowest BCUT2D eigenvalue weighted by Gasteiger charge is -2.14. The van der Waals surface area contributed by atoms with Crippen LogP contribution in [0.25, 0.3) is 16.9 Å². The first-order valence-electron chi connectivity index (χ1n) is 9.69. The van der Waals surface area contributed by atoms with Crippen LogP contribution in [0.4, 0.5) is 18.3 Å². The normalized spacial score (nSPS) is 12.7. The molecule has 0 unspecified atom stereocenters. The molecule has 4 aromatic rings. The summed E-state index contributed by atoms with van der Waals surface area (Å²) in [7, 11) is 0. The molecule has 1 aliphatic rings. The van der Waals surface area contributed by atoms with E-state index in [9.17, 15) is 18.0 Å². The molecule has 2 aromatic carbocycles. The van der Waals surface area contributed by atoms with E-state index in [1.165, 1.54) is 6.07 Å². The first-order valence-corrected chi connectivity index (χ1v) is 10.6. The number of ether oxygens (including phenoxy) is 2. The fourth-order valence-corrected chi connectivity index (χ4v) is 4.17. The maximum atomic E-state index is 13.9. The molecule has 1 amide bonds. The van der Waals surface area contributed by atoms with Gasteiger partial charge in [0.05, 0.1) is 23.1 Å². The van der Waals surface area contributed by atoms with Gasteiger partial charge in [0.15, 0.2) is 22.3 Å². The van der Waals surface area contributed by atoms with Gasteiger partial charge in [0, 0.05) is 10.9 Å². The van der Waals surface area contributed by atoms with Crippen molar-refractivity contribution in [1.29, 1.82) is 0 Å². The number of benzene rings is 2. The van der Waals surface area contributed by atoms with Gasteiger partial charge in [0.25, 0.3) is 5.91 Å². The Morgan fingerprint density at radius 1 is 1.15 bits per heavy atom. The molecule has 0 fully saturated rings. The summed E-state index contributed by atoms with van der Waals surface area (Å²) in [6.45, 7) is 1.80. The fourth-order valence-electron chi connectivity index (χ4n) is 3.46. The summed E-state index contributed by atoms with van der Waals surface area (Å²) in [4.78, 5) is 17.1. The molecule has 11 heteroatoms. The number of anilines is 1. The highest BCUT2D eigenvalue weighted by Crippen LogP contribution is 2.37. The molecule has 0 aliphatic carbocycles. The Morgan fingerprint density at radius 2 is 1.94 bits per heavy atom. The van der Waals surface area contributed by atoms with Gasteiger partial charge in [-0.25, -0.2) is 9.67 Å². The minimum atomic E-state index is -4.80. The summed E-state index contributed by atoms with van der Waals surface area (Å²) >= 11 is 1.10. The molecule has 1 N–H and O–H groups in total. The van der Waals surface area contributed by atoms with Crippen molar-refractivity contribution < 1.29 is 27.4 Å². The minimum Gasteiger partial charge on any atom is -0.454 e. The number of thiazole rings is 1. The van der Waals surface area contributed by atoms with E-state index in [-0.39, 0.29) is 17.6 Å². The Bertz CT molecular complexity index is 1360. The summed E-state index contributed by atoms with van der Waals surface area (Å²) < 4.78 is 53.1. The van der Waals surface area contributed by atoms with Crippen molar-refractivity contribution in [1.82, 2.24) is 14.8 Å². The maximum absolute atomic E-state index is 13.9. The Morgan fingerprint density at radius 3 is 2.73 bits per heavy atom. The highest BCUT2D eigenvalue weighted by atomic mass is 32.1. The molecule has 2 aromatic heterocycles. The van der Waals surface area contributed by atoms with E-state index in [1.54, 1.807) is 48.7 Å². The van der Waals surface area contributed by atoms with Crippen molar-refractivity contribution in [2.45, 2.75) is 13.1 Å². The third kappa shape index (κ3) is 3.91. The van der Waals surface area contributed by atoms with Crippen LogP contribution in [0, 0.1) is 6.92 Å². The number of carbonyl (C=O) groups excluding carboxylic acids is 1. The minimum absolute atomic E-state index is 0.134. The number of halogens is 3. The van der Waals surface area contributed by atoms with Gasteiger partial charge in [-0.3, -0.25) is 10.1 Å². The molecule has 7 nitrogen and oxygen atoms in total. The van der Waals surface area contributed by atoms with Crippen LogP contribution in [0.2, 0.25) is 0 Å². The molecule has 0 atom stereocenters. The van der Waals surface area contributed by atoms with Crippen molar-refractivity contribution in [2.24, 2.45) is 0 Å². The first kappa shape index (κ1) is 21.0. The van der Waals surface area contributed by atoms with Gasteiger partial charge < -0.3 is 9.47 Å². The quantitative estimate of drug-likeness (QED) is 0.436. The molecular formula is C22H15F3N4O3S. The van der Waals surface area contributed by atoms with Crippen LogP contribution in [-0.2, 0) is 6.18 Å². The van der Waals surface area contributed by atoms with Gasteiger partial charge in [-0.1, -0.05) is 18.2 Å². The molecule has 33 heavy (non-hydrogen) atoms. The number of alkyl halides is 3. The summed E-state index contributed by atoms with van der Waals surface area (Å²) in [5, 5.41) is 8.15.